The van der Waals surface area contributed by atoms with E-state index in [1.165, 1.54) is 64.2 Å². The van der Waals surface area contributed by atoms with Gasteiger partial charge in [-0.3, -0.25) is 0 Å². The van der Waals surface area contributed by atoms with Crippen molar-refractivity contribution in [3.63, 3.8) is 0 Å². The molecule has 5 N–H and O–H groups in total. The van der Waals surface area contributed by atoms with Crippen molar-refractivity contribution >= 4 is 0 Å². The van der Waals surface area contributed by atoms with E-state index < -0.39 is 0 Å². The van der Waals surface area contributed by atoms with Crippen molar-refractivity contribution in [3.05, 3.63) is 18.2 Å². The summed E-state index contributed by atoms with van der Waals surface area (Å²) in [6.45, 7) is 1.92. The molecule has 2 saturated carbocycles. The van der Waals surface area contributed by atoms with Crippen molar-refractivity contribution in [1.29, 1.82) is 0 Å². The summed E-state index contributed by atoms with van der Waals surface area (Å²) < 4.78 is 0. The van der Waals surface area contributed by atoms with Gasteiger partial charge in [0.25, 0.3) is 0 Å². The second-order valence-electron chi connectivity index (χ2n) is 6.84. The number of hydrogen-bond acceptors (Lipinski definition) is 3. The van der Waals surface area contributed by atoms with Gasteiger partial charge in [-0.05, 0) is 44.4 Å². The molecule has 1 aromatic rings. The van der Waals surface area contributed by atoms with Gasteiger partial charge in [0.1, 0.15) is 5.82 Å². The average Bonchev–Trinajstić information content (AvgIpc) is 3.01. The van der Waals surface area contributed by atoms with Gasteiger partial charge in [0.15, 0.2) is 0 Å². The average molecular weight is 292 g/mol. The minimum atomic E-state index is -0.360. The fourth-order valence-corrected chi connectivity index (χ4v) is 3.88. The summed E-state index contributed by atoms with van der Waals surface area (Å²) in [7, 11) is 0. The fourth-order valence-electron chi connectivity index (χ4n) is 3.88. The lowest BCUT2D eigenvalue weighted by molar-refractivity contribution is 0.111. The quantitative estimate of drug-likeness (QED) is 0.730. The van der Waals surface area contributed by atoms with E-state index in [1.807, 2.05) is 6.92 Å². The first-order chi connectivity index (χ1) is 10.1. The molecule has 120 valence electrons. The van der Waals surface area contributed by atoms with Gasteiger partial charge in [-0.1, -0.05) is 38.5 Å². The number of imidazole rings is 1. The van der Waals surface area contributed by atoms with Crippen LogP contribution in [0.5, 0.6) is 0 Å². The summed E-state index contributed by atoms with van der Waals surface area (Å²) in [6, 6.07) is 0. The maximum absolute atomic E-state index is 6.44. The van der Waals surface area contributed by atoms with E-state index in [4.69, 9.17) is 11.5 Å². The fraction of sp³-hybridized carbons (Fsp3) is 0.824. The minimum Gasteiger partial charge on any atom is -0.349 e. The van der Waals surface area contributed by atoms with Crippen LogP contribution < -0.4 is 11.5 Å². The Balaban J connectivity index is 0.000000225. The van der Waals surface area contributed by atoms with Gasteiger partial charge in [0.05, 0.1) is 5.66 Å². The molecule has 0 unspecified atom stereocenters. The molecule has 0 aliphatic heterocycles. The van der Waals surface area contributed by atoms with E-state index in [9.17, 15) is 0 Å². The highest BCUT2D eigenvalue weighted by molar-refractivity contribution is 4.94. The zero-order chi connectivity index (χ0) is 15.1. The Morgan fingerprint density at radius 2 is 1.43 bits per heavy atom. The van der Waals surface area contributed by atoms with Crippen LogP contribution in [0.3, 0.4) is 0 Å². The SMILES string of the molecule is Cc1ncc[nH]1.NC(N)(C1CCCCC1)C1CCCCC1. The predicted octanol–water partition coefficient (Wildman–Crippen LogP) is 3.48. The Hall–Kier alpha value is -0.870. The first-order valence-corrected chi connectivity index (χ1v) is 8.64. The zero-order valence-electron chi connectivity index (χ0n) is 13.5. The van der Waals surface area contributed by atoms with Gasteiger partial charge < -0.3 is 16.5 Å². The van der Waals surface area contributed by atoms with Crippen LogP contribution >= 0.6 is 0 Å². The maximum Gasteiger partial charge on any atom is 0.102 e. The number of aryl methyl sites for hydroxylation is 1. The van der Waals surface area contributed by atoms with Crippen LogP contribution in [0, 0.1) is 18.8 Å². The van der Waals surface area contributed by atoms with Crippen LogP contribution in [0.2, 0.25) is 0 Å². The van der Waals surface area contributed by atoms with E-state index in [0.29, 0.717) is 11.8 Å². The number of H-pyrrole nitrogens is 1. The Bertz CT molecular complexity index is 354. The number of nitrogens with one attached hydrogen (secondary N) is 1. The van der Waals surface area contributed by atoms with E-state index in [2.05, 4.69) is 9.97 Å². The summed E-state index contributed by atoms with van der Waals surface area (Å²) in [5.41, 5.74) is 12.5. The van der Waals surface area contributed by atoms with Crippen molar-refractivity contribution in [1.82, 2.24) is 9.97 Å². The summed E-state index contributed by atoms with van der Waals surface area (Å²) in [5, 5.41) is 0. The summed E-state index contributed by atoms with van der Waals surface area (Å²) in [5.74, 6) is 2.15. The van der Waals surface area contributed by atoms with E-state index >= 15 is 0 Å². The lowest BCUT2D eigenvalue weighted by Crippen LogP contribution is -2.61. The molecule has 0 bridgehead atoms. The summed E-state index contributed by atoms with van der Waals surface area (Å²) >= 11 is 0. The molecule has 0 saturated heterocycles. The molecule has 21 heavy (non-hydrogen) atoms. The Kier molecular flexibility index (Phi) is 6.24. The molecule has 3 rings (SSSR count). The van der Waals surface area contributed by atoms with Crippen molar-refractivity contribution < 1.29 is 0 Å². The number of aromatic nitrogens is 2. The molecule has 0 amide bonds. The van der Waals surface area contributed by atoms with Gasteiger partial charge in [0.2, 0.25) is 0 Å². The molecule has 4 nitrogen and oxygen atoms in total. The largest absolute Gasteiger partial charge is 0.349 e. The van der Waals surface area contributed by atoms with E-state index in [-0.39, 0.29) is 5.66 Å². The predicted molar refractivity (Wildman–Crippen MR) is 87.6 cm³/mol. The van der Waals surface area contributed by atoms with Crippen molar-refractivity contribution in [2.24, 2.45) is 23.3 Å². The standard InChI is InChI=1S/C13H26N2.C4H6N2/c14-13(15,11-7-3-1-4-8-11)12-9-5-2-6-10-12;1-4-5-2-3-6-4/h11-12H,1-10,14-15H2;2-3H,1H3,(H,5,6). The molecule has 0 radical (unpaired) electrons. The molecular formula is C17H32N4. The molecule has 0 atom stereocenters. The maximum atomic E-state index is 6.44. The first-order valence-electron chi connectivity index (χ1n) is 8.64. The number of aromatic amines is 1. The van der Waals surface area contributed by atoms with Gasteiger partial charge in [-0.25, -0.2) is 4.98 Å². The number of nitrogens with zero attached hydrogens (tertiary/aromatic N) is 1. The normalized spacial score (nSPS) is 21.7. The number of nitrogens with two attached hydrogens (primary N) is 2. The molecule has 2 aliphatic carbocycles. The monoisotopic (exact) mass is 292 g/mol. The van der Waals surface area contributed by atoms with Crippen molar-refractivity contribution in [3.8, 4) is 0 Å². The van der Waals surface area contributed by atoms with Crippen LogP contribution in [0.4, 0.5) is 0 Å². The van der Waals surface area contributed by atoms with Gasteiger partial charge in [-0.2, -0.15) is 0 Å². The van der Waals surface area contributed by atoms with Crippen LogP contribution in [-0.2, 0) is 0 Å². The molecule has 2 aliphatic rings. The topological polar surface area (TPSA) is 80.7 Å². The molecule has 1 aromatic heterocycles. The Morgan fingerprint density at radius 3 is 1.71 bits per heavy atom. The molecule has 2 fully saturated rings. The third kappa shape index (κ3) is 4.82. The molecule has 0 spiro atoms. The molecule has 0 aromatic carbocycles. The zero-order valence-corrected chi connectivity index (χ0v) is 13.5. The van der Waals surface area contributed by atoms with Crippen molar-refractivity contribution in [2.75, 3.05) is 0 Å². The second kappa shape index (κ2) is 7.95. The third-order valence-electron chi connectivity index (χ3n) is 5.26. The van der Waals surface area contributed by atoms with E-state index in [1.54, 1.807) is 12.4 Å². The Morgan fingerprint density at radius 1 is 0.952 bits per heavy atom. The highest BCUT2D eigenvalue weighted by Gasteiger charge is 2.39. The number of hydrogen-bond donors (Lipinski definition) is 3. The molecule has 1 heterocycles. The van der Waals surface area contributed by atoms with Gasteiger partial charge >= 0.3 is 0 Å². The third-order valence-corrected chi connectivity index (χ3v) is 5.26. The van der Waals surface area contributed by atoms with Crippen molar-refractivity contribution in [2.45, 2.75) is 76.8 Å². The second-order valence-corrected chi connectivity index (χ2v) is 6.84. The summed E-state index contributed by atoms with van der Waals surface area (Å²) in [4.78, 5) is 6.75. The smallest absolute Gasteiger partial charge is 0.102 e. The molecule has 4 heteroatoms. The molecular weight excluding hydrogens is 260 g/mol. The van der Waals surface area contributed by atoms with Crippen LogP contribution in [0.15, 0.2) is 12.4 Å². The van der Waals surface area contributed by atoms with Crippen LogP contribution in [0.1, 0.15) is 70.0 Å². The summed E-state index contributed by atoms with van der Waals surface area (Å²) in [6.07, 6.45) is 16.7. The minimum absolute atomic E-state index is 0.360. The van der Waals surface area contributed by atoms with Gasteiger partial charge in [-0.15, -0.1) is 0 Å². The number of rotatable bonds is 2. The lowest BCUT2D eigenvalue weighted by Gasteiger charge is -2.44. The van der Waals surface area contributed by atoms with Crippen LogP contribution in [-0.4, -0.2) is 15.6 Å². The Labute approximate surface area is 129 Å². The van der Waals surface area contributed by atoms with Gasteiger partial charge in [0, 0.05) is 12.4 Å². The lowest BCUT2D eigenvalue weighted by atomic mass is 9.70. The highest BCUT2D eigenvalue weighted by atomic mass is 15.0. The first kappa shape index (κ1) is 16.5. The van der Waals surface area contributed by atoms with Crippen LogP contribution in [0.25, 0.3) is 0 Å². The highest BCUT2D eigenvalue weighted by Crippen LogP contribution is 2.38. The van der Waals surface area contributed by atoms with E-state index in [0.717, 1.165) is 5.82 Å².